The highest BCUT2D eigenvalue weighted by atomic mass is 16.6. The van der Waals surface area contributed by atoms with Crippen molar-refractivity contribution in [3.8, 4) is 5.69 Å². The highest BCUT2D eigenvalue weighted by Crippen LogP contribution is 2.27. The summed E-state index contributed by atoms with van der Waals surface area (Å²) in [5, 5.41) is 18.9. The van der Waals surface area contributed by atoms with E-state index in [9.17, 15) is 10.1 Å². The maximum absolute atomic E-state index is 11.1. The van der Waals surface area contributed by atoms with Gasteiger partial charge in [0, 0.05) is 24.8 Å². The highest BCUT2D eigenvalue weighted by Gasteiger charge is 2.17. The normalized spacial score (nSPS) is 11.1. The average molecular weight is 288 g/mol. The number of benzene rings is 1. The smallest absolute Gasteiger partial charge is 0.274 e. The molecular weight excluding hydrogens is 268 g/mol. The van der Waals surface area contributed by atoms with E-state index in [0.29, 0.717) is 18.2 Å². The van der Waals surface area contributed by atoms with Gasteiger partial charge in [0.15, 0.2) is 0 Å². The van der Waals surface area contributed by atoms with Gasteiger partial charge in [0.05, 0.1) is 21.9 Å². The molecule has 6 heteroatoms. The third kappa shape index (κ3) is 3.28. The zero-order chi connectivity index (χ0) is 15.6. The fraction of sp³-hybridized carbons (Fsp3) is 0.400. The molecule has 0 amide bonds. The summed E-state index contributed by atoms with van der Waals surface area (Å²) < 4.78 is 1.72. The number of nitro groups is 1. The van der Waals surface area contributed by atoms with Crippen molar-refractivity contribution < 1.29 is 4.92 Å². The van der Waals surface area contributed by atoms with Crippen LogP contribution in [0.25, 0.3) is 5.69 Å². The Morgan fingerprint density at radius 1 is 1.33 bits per heavy atom. The lowest BCUT2D eigenvalue weighted by Gasteiger charge is -2.10. The van der Waals surface area contributed by atoms with Crippen molar-refractivity contribution in [1.29, 1.82) is 0 Å². The molecule has 0 aliphatic rings. The third-order valence-electron chi connectivity index (χ3n) is 3.37. The first-order valence-electron chi connectivity index (χ1n) is 6.93. The van der Waals surface area contributed by atoms with Gasteiger partial charge in [-0.25, -0.2) is 4.68 Å². The van der Waals surface area contributed by atoms with Gasteiger partial charge in [-0.1, -0.05) is 19.9 Å². The second-order valence-corrected chi connectivity index (χ2v) is 5.42. The third-order valence-corrected chi connectivity index (χ3v) is 3.37. The molecule has 0 spiro atoms. The Morgan fingerprint density at radius 2 is 2.05 bits per heavy atom. The lowest BCUT2D eigenvalue weighted by Crippen LogP contribution is -2.22. The quantitative estimate of drug-likeness (QED) is 0.678. The average Bonchev–Trinajstić information content (AvgIpc) is 2.84. The molecule has 2 aromatic rings. The lowest BCUT2D eigenvalue weighted by atomic mass is 10.1. The molecule has 0 aliphatic heterocycles. The number of hydrogen-bond acceptors (Lipinski definition) is 4. The Balaban J connectivity index is 2.38. The Kier molecular flexibility index (Phi) is 4.37. The van der Waals surface area contributed by atoms with Crippen LogP contribution >= 0.6 is 0 Å². The fourth-order valence-corrected chi connectivity index (χ4v) is 2.26. The zero-order valence-corrected chi connectivity index (χ0v) is 12.8. The Morgan fingerprint density at radius 3 is 2.67 bits per heavy atom. The maximum Gasteiger partial charge on any atom is 0.274 e. The van der Waals surface area contributed by atoms with E-state index in [1.165, 1.54) is 0 Å². The van der Waals surface area contributed by atoms with Gasteiger partial charge in [-0.05, 0) is 25.5 Å². The monoisotopic (exact) mass is 288 g/mol. The van der Waals surface area contributed by atoms with Crippen molar-refractivity contribution in [2.24, 2.45) is 0 Å². The summed E-state index contributed by atoms with van der Waals surface area (Å²) in [5.41, 5.74) is 3.40. The van der Waals surface area contributed by atoms with Crippen LogP contribution in [0.1, 0.15) is 30.7 Å². The summed E-state index contributed by atoms with van der Waals surface area (Å²) in [6.07, 6.45) is 1.84. The number of hydrogen-bond donors (Lipinski definition) is 1. The van der Waals surface area contributed by atoms with Gasteiger partial charge in [-0.2, -0.15) is 5.10 Å². The van der Waals surface area contributed by atoms with E-state index in [0.717, 1.165) is 16.9 Å². The number of nitrogens with one attached hydrogen (secondary N) is 1. The van der Waals surface area contributed by atoms with Crippen LogP contribution in [0.15, 0.2) is 24.4 Å². The fourth-order valence-electron chi connectivity index (χ4n) is 2.26. The molecule has 112 valence electrons. The molecule has 1 aromatic carbocycles. The minimum atomic E-state index is -0.358. The van der Waals surface area contributed by atoms with Crippen LogP contribution in [-0.2, 0) is 6.54 Å². The van der Waals surface area contributed by atoms with Crippen molar-refractivity contribution in [3.05, 3.63) is 51.3 Å². The highest BCUT2D eigenvalue weighted by molar-refractivity contribution is 5.56. The SMILES string of the molecule is Cc1ccc([N+](=O)[O-])c(C)c1-n1ccc(CNC(C)C)n1. The van der Waals surface area contributed by atoms with E-state index < -0.39 is 0 Å². The number of nitro benzene ring substituents is 1. The summed E-state index contributed by atoms with van der Waals surface area (Å²) in [6.45, 7) is 8.52. The molecule has 1 N–H and O–H groups in total. The lowest BCUT2D eigenvalue weighted by molar-refractivity contribution is -0.385. The number of aromatic nitrogens is 2. The number of nitrogens with zero attached hydrogens (tertiary/aromatic N) is 3. The summed E-state index contributed by atoms with van der Waals surface area (Å²) in [4.78, 5) is 10.7. The van der Waals surface area contributed by atoms with E-state index in [4.69, 9.17) is 0 Å². The van der Waals surface area contributed by atoms with E-state index >= 15 is 0 Å². The van der Waals surface area contributed by atoms with Gasteiger partial charge < -0.3 is 5.32 Å². The van der Waals surface area contributed by atoms with Crippen LogP contribution in [0, 0.1) is 24.0 Å². The van der Waals surface area contributed by atoms with Crippen LogP contribution in [0.5, 0.6) is 0 Å². The van der Waals surface area contributed by atoms with E-state index in [-0.39, 0.29) is 10.6 Å². The molecule has 2 rings (SSSR count). The van der Waals surface area contributed by atoms with Gasteiger partial charge in [0.25, 0.3) is 5.69 Å². The molecule has 0 unspecified atom stereocenters. The zero-order valence-electron chi connectivity index (χ0n) is 12.8. The van der Waals surface area contributed by atoms with Crippen LogP contribution in [0.2, 0.25) is 0 Å². The molecule has 0 aliphatic carbocycles. The topological polar surface area (TPSA) is 73.0 Å². The first-order valence-corrected chi connectivity index (χ1v) is 6.93. The maximum atomic E-state index is 11.1. The standard InChI is InChI=1S/C15H20N4O2/c1-10(2)16-9-13-7-8-18(17-13)15-11(3)5-6-14(12(15)4)19(20)21/h5-8,10,16H,9H2,1-4H3. The Labute approximate surface area is 123 Å². The van der Waals surface area contributed by atoms with Crippen LogP contribution in [0.3, 0.4) is 0 Å². The Hall–Kier alpha value is -2.21. The first kappa shape index (κ1) is 15.2. The van der Waals surface area contributed by atoms with E-state index in [1.807, 2.05) is 19.2 Å². The molecule has 0 radical (unpaired) electrons. The van der Waals surface area contributed by atoms with Crippen LogP contribution in [0.4, 0.5) is 5.69 Å². The van der Waals surface area contributed by atoms with Crippen molar-refractivity contribution in [2.45, 2.75) is 40.3 Å². The Bertz CT molecular complexity index is 662. The van der Waals surface area contributed by atoms with Gasteiger partial charge in [0.1, 0.15) is 0 Å². The molecular formula is C15H20N4O2. The van der Waals surface area contributed by atoms with Crippen LogP contribution < -0.4 is 5.32 Å². The molecule has 1 heterocycles. The second-order valence-electron chi connectivity index (χ2n) is 5.42. The van der Waals surface area contributed by atoms with Crippen LogP contribution in [-0.4, -0.2) is 20.7 Å². The van der Waals surface area contributed by atoms with Crippen molar-refractivity contribution >= 4 is 5.69 Å². The van der Waals surface area contributed by atoms with Gasteiger partial charge >= 0.3 is 0 Å². The predicted molar refractivity (Wildman–Crippen MR) is 81.7 cm³/mol. The molecule has 6 nitrogen and oxygen atoms in total. The van der Waals surface area contributed by atoms with Gasteiger partial charge in [-0.3, -0.25) is 10.1 Å². The van der Waals surface area contributed by atoms with Crippen molar-refractivity contribution in [2.75, 3.05) is 0 Å². The minimum absolute atomic E-state index is 0.118. The largest absolute Gasteiger partial charge is 0.309 e. The molecule has 21 heavy (non-hydrogen) atoms. The van der Waals surface area contributed by atoms with Crippen molar-refractivity contribution in [3.63, 3.8) is 0 Å². The summed E-state index contributed by atoms with van der Waals surface area (Å²) in [6, 6.07) is 5.61. The molecule has 0 saturated heterocycles. The van der Waals surface area contributed by atoms with Gasteiger partial charge in [0.2, 0.25) is 0 Å². The molecule has 1 aromatic heterocycles. The number of rotatable bonds is 5. The van der Waals surface area contributed by atoms with Gasteiger partial charge in [-0.15, -0.1) is 0 Å². The summed E-state index contributed by atoms with van der Waals surface area (Å²) >= 11 is 0. The van der Waals surface area contributed by atoms with E-state index in [2.05, 4.69) is 24.3 Å². The molecule has 0 atom stereocenters. The number of aryl methyl sites for hydroxylation is 1. The molecule has 0 fully saturated rings. The van der Waals surface area contributed by atoms with Crippen molar-refractivity contribution in [1.82, 2.24) is 15.1 Å². The summed E-state index contributed by atoms with van der Waals surface area (Å²) in [5.74, 6) is 0. The second kappa shape index (κ2) is 6.05. The van der Waals surface area contributed by atoms with E-state index in [1.54, 1.807) is 23.7 Å². The molecule has 0 saturated carbocycles. The molecule has 0 bridgehead atoms. The minimum Gasteiger partial charge on any atom is -0.309 e. The predicted octanol–water partition coefficient (Wildman–Crippen LogP) is 2.90. The summed E-state index contributed by atoms with van der Waals surface area (Å²) in [7, 11) is 0. The first-order chi connectivity index (χ1) is 9.90.